The van der Waals surface area contributed by atoms with Crippen LogP contribution >= 0.6 is 0 Å². The Kier molecular flexibility index (Phi) is 5.68. The summed E-state index contributed by atoms with van der Waals surface area (Å²) >= 11 is 0. The lowest BCUT2D eigenvalue weighted by Crippen LogP contribution is -2.48. The van der Waals surface area contributed by atoms with Gasteiger partial charge in [0, 0.05) is 18.8 Å². The van der Waals surface area contributed by atoms with Crippen molar-refractivity contribution in [3.63, 3.8) is 0 Å². The van der Waals surface area contributed by atoms with Crippen LogP contribution in [0.15, 0.2) is 17.7 Å². The summed E-state index contributed by atoms with van der Waals surface area (Å²) in [5.41, 5.74) is -2.70. The van der Waals surface area contributed by atoms with Crippen molar-refractivity contribution in [3.8, 4) is 0 Å². The molecule has 7 nitrogen and oxygen atoms in total. The van der Waals surface area contributed by atoms with Crippen LogP contribution in [-0.4, -0.2) is 48.1 Å². The van der Waals surface area contributed by atoms with Gasteiger partial charge in [0.15, 0.2) is 17.4 Å². The van der Waals surface area contributed by atoms with Crippen molar-refractivity contribution >= 4 is 23.4 Å². The van der Waals surface area contributed by atoms with Gasteiger partial charge in [-0.05, 0) is 51.3 Å². The minimum atomic E-state index is -1.33. The third-order valence-corrected chi connectivity index (χ3v) is 5.12. The molecule has 1 spiro atoms. The number of fused-ring (bicyclic) bond motifs is 2. The smallest absolute Gasteiger partial charge is 0.325 e. The fraction of sp³-hybridized carbons (Fsp3) is 0.476. The summed E-state index contributed by atoms with van der Waals surface area (Å²) < 4.78 is 38.2. The van der Waals surface area contributed by atoms with Crippen LogP contribution in [0.4, 0.5) is 8.78 Å². The number of halogens is 2. The SMILES string of the molecule is CC(C)(C)OC(=O)CNC(=O)C1=C(O)c2cc(F)c(F)cc2C2(CCOCC2)C1=O. The topological polar surface area (TPSA) is 102 Å². The highest BCUT2D eigenvalue weighted by Gasteiger charge is 2.50. The number of nitrogens with one attached hydrogen (secondary N) is 1. The Morgan fingerprint density at radius 1 is 1.20 bits per heavy atom. The summed E-state index contributed by atoms with van der Waals surface area (Å²) in [5.74, 6) is -5.57. The number of amides is 1. The molecule has 0 bridgehead atoms. The highest BCUT2D eigenvalue weighted by Crippen LogP contribution is 2.46. The van der Waals surface area contributed by atoms with Gasteiger partial charge in [0.05, 0.1) is 5.41 Å². The Morgan fingerprint density at radius 3 is 2.40 bits per heavy atom. The third-order valence-electron chi connectivity index (χ3n) is 5.12. The molecule has 2 N–H and O–H groups in total. The highest BCUT2D eigenvalue weighted by atomic mass is 19.2. The van der Waals surface area contributed by atoms with Gasteiger partial charge in [0.1, 0.15) is 23.5 Å². The number of hydrogen-bond acceptors (Lipinski definition) is 6. The molecule has 2 aliphatic rings. The van der Waals surface area contributed by atoms with E-state index in [9.17, 15) is 28.3 Å². The summed E-state index contributed by atoms with van der Waals surface area (Å²) in [4.78, 5) is 37.9. The van der Waals surface area contributed by atoms with Crippen molar-refractivity contribution in [2.45, 2.75) is 44.6 Å². The number of Topliss-reactive ketones (excluding diaryl/α,β-unsaturated/α-hetero) is 1. The molecule has 9 heteroatoms. The predicted octanol–water partition coefficient (Wildman–Crippen LogP) is 2.32. The lowest BCUT2D eigenvalue weighted by molar-refractivity contribution is -0.154. The fourth-order valence-corrected chi connectivity index (χ4v) is 3.79. The quantitative estimate of drug-likeness (QED) is 0.572. The fourth-order valence-electron chi connectivity index (χ4n) is 3.79. The maximum atomic E-state index is 14.0. The van der Waals surface area contributed by atoms with Crippen LogP contribution in [0.5, 0.6) is 0 Å². The average molecular weight is 423 g/mol. The lowest BCUT2D eigenvalue weighted by Gasteiger charge is -2.40. The minimum Gasteiger partial charge on any atom is -0.506 e. The number of hydrogen-bond donors (Lipinski definition) is 2. The summed E-state index contributed by atoms with van der Waals surface area (Å²) in [6.07, 6.45) is 0.278. The van der Waals surface area contributed by atoms with Gasteiger partial charge < -0.3 is 19.9 Å². The van der Waals surface area contributed by atoms with Crippen LogP contribution in [0, 0.1) is 11.6 Å². The van der Waals surface area contributed by atoms with Crippen LogP contribution in [0.25, 0.3) is 5.76 Å². The van der Waals surface area contributed by atoms with Crippen molar-refractivity contribution in [1.29, 1.82) is 0 Å². The van der Waals surface area contributed by atoms with E-state index in [0.29, 0.717) is 0 Å². The van der Waals surface area contributed by atoms with E-state index in [1.165, 1.54) is 0 Å². The van der Waals surface area contributed by atoms with Crippen molar-refractivity contribution in [1.82, 2.24) is 5.32 Å². The molecule has 0 atom stereocenters. The zero-order valence-electron chi connectivity index (χ0n) is 16.9. The van der Waals surface area contributed by atoms with Gasteiger partial charge in [-0.2, -0.15) is 0 Å². The zero-order chi connectivity index (χ0) is 22.3. The summed E-state index contributed by atoms with van der Waals surface area (Å²) in [6, 6.07) is 1.66. The maximum absolute atomic E-state index is 14.0. The van der Waals surface area contributed by atoms with E-state index >= 15 is 0 Å². The molecule has 30 heavy (non-hydrogen) atoms. The summed E-state index contributed by atoms with van der Waals surface area (Å²) in [5, 5.41) is 12.9. The van der Waals surface area contributed by atoms with E-state index in [-0.39, 0.29) is 37.2 Å². The van der Waals surface area contributed by atoms with Gasteiger partial charge >= 0.3 is 5.97 Å². The normalized spacial score (nSPS) is 18.2. The number of aliphatic hydroxyl groups excluding tert-OH is 1. The Morgan fingerprint density at radius 2 is 1.80 bits per heavy atom. The molecule has 1 aliphatic heterocycles. The first-order chi connectivity index (χ1) is 14.0. The van der Waals surface area contributed by atoms with Gasteiger partial charge in [0.2, 0.25) is 0 Å². The monoisotopic (exact) mass is 423 g/mol. The predicted molar refractivity (Wildman–Crippen MR) is 101 cm³/mol. The van der Waals surface area contributed by atoms with E-state index in [4.69, 9.17) is 9.47 Å². The van der Waals surface area contributed by atoms with Crippen molar-refractivity contribution in [2.75, 3.05) is 19.8 Å². The summed E-state index contributed by atoms with van der Waals surface area (Å²) in [7, 11) is 0. The molecule has 3 rings (SSSR count). The second-order valence-corrected chi connectivity index (χ2v) is 8.33. The molecule has 1 aliphatic carbocycles. The van der Waals surface area contributed by atoms with Gasteiger partial charge in [-0.3, -0.25) is 14.4 Å². The van der Waals surface area contributed by atoms with Gasteiger partial charge in [-0.25, -0.2) is 8.78 Å². The zero-order valence-corrected chi connectivity index (χ0v) is 16.9. The average Bonchev–Trinajstić information content (AvgIpc) is 2.66. The van der Waals surface area contributed by atoms with Gasteiger partial charge in [-0.1, -0.05) is 0 Å². The Hall–Kier alpha value is -2.81. The standard InChI is InChI=1S/C21H23F2NO6/c1-20(2,3)30-15(25)10-24-19(28)16-17(26)11-8-13(22)14(23)9-12(11)21(18(16)27)4-6-29-7-5-21/h8-9,26H,4-7,10H2,1-3H3,(H,24,28). The lowest BCUT2D eigenvalue weighted by atomic mass is 9.64. The number of carbonyl (C=O) groups is 3. The van der Waals surface area contributed by atoms with E-state index < -0.39 is 58.2 Å². The Balaban J connectivity index is 1.99. The van der Waals surface area contributed by atoms with Crippen LogP contribution in [0.1, 0.15) is 44.7 Å². The van der Waals surface area contributed by atoms with Gasteiger partial charge in [0.25, 0.3) is 5.91 Å². The second kappa shape index (κ2) is 7.79. The molecule has 0 aromatic heterocycles. The van der Waals surface area contributed by atoms with Crippen molar-refractivity contribution in [3.05, 3.63) is 40.5 Å². The highest BCUT2D eigenvalue weighted by molar-refractivity contribution is 6.28. The minimum absolute atomic E-state index is 0.121. The molecule has 1 heterocycles. The molecule has 1 aromatic rings. The summed E-state index contributed by atoms with van der Waals surface area (Å²) in [6.45, 7) is 4.80. The van der Waals surface area contributed by atoms with Gasteiger partial charge in [-0.15, -0.1) is 0 Å². The van der Waals surface area contributed by atoms with Crippen LogP contribution in [-0.2, 0) is 29.3 Å². The molecule has 0 unspecified atom stereocenters. The number of carbonyl (C=O) groups excluding carboxylic acids is 3. The number of benzene rings is 1. The second-order valence-electron chi connectivity index (χ2n) is 8.33. The van der Waals surface area contributed by atoms with Crippen LogP contribution in [0.2, 0.25) is 0 Å². The van der Waals surface area contributed by atoms with E-state index in [1.54, 1.807) is 20.8 Å². The molecule has 0 radical (unpaired) electrons. The first-order valence-electron chi connectivity index (χ1n) is 9.52. The molecule has 1 aromatic carbocycles. The number of aliphatic hydroxyl groups is 1. The van der Waals surface area contributed by atoms with E-state index in [1.807, 2.05) is 0 Å². The number of ketones is 1. The molecule has 1 amide bonds. The molecular weight excluding hydrogens is 400 g/mol. The van der Waals surface area contributed by atoms with Crippen molar-refractivity contribution in [2.24, 2.45) is 0 Å². The van der Waals surface area contributed by atoms with Crippen LogP contribution in [0.3, 0.4) is 0 Å². The molecule has 1 fully saturated rings. The molecule has 0 saturated carbocycles. The van der Waals surface area contributed by atoms with E-state index in [2.05, 4.69) is 5.32 Å². The largest absolute Gasteiger partial charge is 0.506 e. The van der Waals surface area contributed by atoms with Crippen molar-refractivity contribution < 1.29 is 37.7 Å². The first-order valence-corrected chi connectivity index (χ1v) is 9.52. The number of esters is 1. The number of rotatable bonds is 3. The molecule has 1 saturated heterocycles. The Bertz CT molecular complexity index is 942. The third kappa shape index (κ3) is 3.94. The number of ether oxygens (including phenoxy) is 2. The first kappa shape index (κ1) is 21.9. The molecule has 162 valence electrons. The molecular formula is C21H23F2NO6. The van der Waals surface area contributed by atoms with Crippen LogP contribution < -0.4 is 5.32 Å². The van der Waals surface area contributed by atoms with E-state index in [0.717, 1.165) is 12.1 Å². The Labute approximate surface area is 172 Å². The maximum Gasteiger partial charge on any atom is 0.325 e.